The first-order chi connectivity index (χ1) is 10.2. The molecule has 0 amide bonds. The maximum absolute atomic E-state index is 12.5. The predicted molar refractivity (Wildman–Crippen MR) is 85.1 cm³/mol. The van der Waals surface area contributed by atoms with Crippen molar-refractivity contribution in [3.05, 3.63) is 65.2 Å². The number of likely N-dealkylation sites (N-methyl/N-ethyl adjacent to an activating group) is 1. The first-order valence-electron chi connectivity index (χ1n) is 7.13. The molecule has 21 heavy (non-hydrogen) atoms. The number of carbonyl (C=O) groups is 1. The van der Waals surface area contributed by atoms with Crippen LogP contribution in [-0.4, -0.2) is 26.5 Å². The number of hydrogen-bond acceptors (Lipinski definition) is 3. The molecule has 0 unspecified atom stereocenters. The van der Waals surface area contributed by atoms with E-state index in [0.717, 1.165) is 35.4 Å². The van der Waals surface area contributed by atoms with Gasteiger partial charge >= 0.3 is 0 Å². The number of ether oxygens (including phenoxy) is 1. The second kappa shape index (κ2) is 7.60. The Hall–Kier alpha value is -2.13. The molecule has 0 spiro atoms. The molecule has 2 aromatic carbocycles. The Kier molecular flexibility index (Phi) is 5.52. The Morgan fingerprint density at radius 3 is 2.71 bits per heavy atom. The molecule has 0 radical (unpaired) electrons. The van der Waals surface area contributed by atoms with Gasteiger partial charge in [0.15, 0.2) is 5.78 Å². The third-order valence-corrected chi connectivity index (χ3v) is 3.46. The van der Waals surface area contributed by atoms with Crippen LogP contribution in [0.15, 0.2) is 48.5 Å². The van der Waals surface area contributed by atoms with E-state index < -0.39 is 0 Å². The van der Waals surface area contributed by atoms with Crippen molar-refractivity contribution in [1.29, 1.82) is 0 Å². The Labute approximate surface area is 126 Å². The van der Waals surface area contributed by atoms with Crippen molar-refractivity contribution in [2.75, 3.05) is 20.7 Å². The summed E-state index contributed by atoms with van der Waals surface area (Å²) in [6.07, 6.45) is 1.25. The number of benzene rings is 2. The van der Waals surface area contributed by atoms with Gasteiger partial charge < -0.3 is 10.1 Å². The minimum atomic E-state index is 0.148. The predicted octanol–water partition coefficient (Wildman–Crippen LogP) is 2.88. The second-order valence-corrected chi connectivity index (χ2v) is 4.96. The monoisotopic (exact) mass is 283 g/mol. The van der Waals surface area contributed by atoms with Crippen molar-refractivity contribution < 1.29 is 9.53 Å². The van der Waals surface area contributed by atoms with Crippen molar-refractivity contribution in [3.63, 3.8) is 0 Å². The summed E-state index contributed by atoms with van der Waals surface area (Å²) in [6.45, 7) is 0.865. The summed E-state index contributed by atoms with van der Waals surface area (Å²) in [4.78, 5) is 12.5. The third kappa shape index (κ3) is 4.17. The summed E-state index contributed by atoms with van der Waals surface area (Å²) >= 11 is 0. The number of hydrogen-bond donors (Lipinski definition) is 1. The molecule has 0 saturated heterocycles. The number of rotatable bonds is 7. The fraction of sp³-hybridized carbons (Fsp3) is 0.278. The highest BCUT2D eigenvalue weighted by molar-refractivity contribution is 5.98. The average molecular weight is 283 g/mol. The summed E-state index contributed by atoms with van der Waals surface area (Å²) < 4.78 is 5.20. The third-order valence-electron chi connectivity index (χ3n) is 3.46. The van der Waals surface area contributed by atoms with E-state index in [1.165, 1.54) is 0 Å². The number of methoxy groups -OCH3 is 1. The molecule has 2 rings (SSSR count). The topological polar surface area (TPSA) is 38.3 Å². The zero-order valence-electron chi connectivity index (χ0n) is 12.6. The van der Waals surface area contributed by atoms with Gasteiger partial charge in [-0.05, 0) is 43.3 Å². The van der Waals surface area contributed by atoms with Crippen molar-refractivity contribution >= 4 is 5.78 Å². The molecular formula is C18H21NO2. The Morgan fingerprint density at radius 1 is 1.14 bits per heavy atom. The summed E-state index contributed by atoms with van der Waals surface area (Å²) in [5, 5.41) is 3.12. The highest BCUT2D eigenvalue weighted by Crippen LogP contribution is 2.17. The zero-order valence-corrected chi connectivity index (χ0v) is 12.6. The molecule has 0 fully saturated rings. The van der Waals surface area contributed by atoms with Crippen LogP contribution in [0, 0.1) is 0 Å². The standard InChI is InChI=1S/C18H21NO2/c1-19-11-10-15-7-3-4-9-17(15)18(20)13-14-6-5-8-16(12-14)21-2/h3-9,12,19H,10-11,13H2,1-2H3. The van der Waals surface area contributed by atoms with E-state index in [2.05, 4.69) is 5.32 Å². The summed E-state index contributed by atoms with van der Waals surface area (Å²) in [5.74, 6) is 0.929. The molecule has 1 N–H and O–H groups in total. The fourth-order valence-electron chi connectivity index (χ4n) is 2.33. The maximum atomic E-state index is 12.5. The molecule has 0 bridgehead atoms. The smallest absolute Gasteiger partial charge is 0.167 e. The van der Waals surface area contributed by atoms with Crippen LogP contribution in [0.5, 0.6) is 5.75 Å². The van der Waals surface area contributed by atoms with Crippen LogP contribution in [0.2, 0.25) is 0 Å². The van der Waals surface area contributed by atoms with Gasteiger partial charge in [-0.1, -0.05) is 36.4 Å². The molecule has 0 aliphatic heterocycles. The highest BCUT2D eigenvalue weighted by atomic mass is 16.5. The van der Waals surface area contributed by atoms with E-state index in [4.69, 9.17) is 4.74 Å². The molecule has 0 aromatic heterocycles. The quantitative estimate of drug-likeness (QED) is 0.794. The fourth-order valence-corrected chi connectivity index (χ4v) is 2.33. The van der Waals surface area contributed by atoms with E-state index in [1.807, 2.05) is 55.6 Å². The molecule has 0 atom stereocenters. The van der Waals surface area contributed by atoms with Gasteiger partial charge in [-0.2, -0.15) is 0 Å². The van der Waals surface area contributed by atoms with Crippen molar-refractivity contribution in [2.45, 2.75) is 12.8 Å². The molecular weight excluding hydrogens is 262 g/mol. The normalized spacial score (nSPS) is 10.4. The highest BCUT2D eigenvalue weighted by Gasteiger charge is 2.11. The van der Waals surface area contributed by atoms with Gasteiger partial charge in [0.2, 0.25) is 0 Å². The average Bonchev–Trinajstić information content (AvgIpc) is 2.53. The summed E-state index contributed by atoms with van der Waals surface area (Å²) in [6, 6.07) is 15.5. The molecule has 2 aromatic rings. The maximum Gasteiger partial charge on any atom is 0.167 e. The molecule has 3 heteroatoms. The lowest BCUT2D eigenvalue weighted by Crippen LogP contribution is -2.14. The largest absolute Gasteiger partial charge is 0.497 e. The second-order valence-electron chi connectivity index (χ2n) is 4.96. The van der Waals surface area contributed by atoms with Gasteiger partial charge in [0.25, 0.3) is 0 Å². The molecule has 0 aliphatic carbocycles. The lowest BCUT2D eigenvalue weighted by Gasteiger charge is -2.09. The van der Waals surface area contributed by atoms with Crippen LogP contribution >= 0.6 is 0 Å². The number of nitrogens with one attached hydrogen (secondary N) is 1. The Balaban J connectivity index is 2.16. The Bertz CT molecular complexity index is 608. The minimum Gasteiger partial charge on any atom is -0.497 e. The summed E-state index contributed by atoms with van der Waals surface area (Å²) in [5.41, 5.74) is 2.89. The van der Waals surface area contributed by atoms with Gasteiger partial charge in [0.1, 0.15) is 5.75 Å². The minimum absolute atomic E-state index is 0.148. The van der Waals surface area contributed by atoms with E-state index in [9.17, 15) is 4.79 Å². The van der Waals surface area contributed by atoms with Crippen molar-refractivity contribution in [1.82, 2.24) is 5.32 Å². The van der Waals surface area contributed by atoms with Gasteiger partial charge in [-0.15, -0.1) is 0 Å². The number of ketones is 1. The number of Topliss-reactive ketones (excluding diaryl/α,β-unsaturated/α-hetero) is 1. The van der Waals surface area contributed by atoms with E-state index in [0.29, 0.717) is 6.42 Å². The van der Waals surface area contributed by atoms with Crippen LogP contribution in [0.3, 0.4) is 0 Å². The lowest BCUT2D eigenvalue weighted by molar-refractivity contribution is 0.0992. The van der Waals surface area contributed by atoms with Crippen LogP contribution < -0.4 is 10.1 Å². The molecule has 0 heterocycles. The number of carbonyl (C=O) groups excluding carboxylic acids is 1. The van der Waals surface area contributed by atoms with E-state index in [1.54, 1.807) is 7.11 Å². The first kappa shape index (κ1) is 15.3. The van der Waals surface area contributed by atoms with Gasteiger partial charge in [-0.25, -0.2) is 0 Å². The van der Waals surface area contributed by atoms with E-state index >= 15 is 0 Å². The zero-order chi connectivity index (χ0) is 15.1. The van der Waals surface area contributed by atoms with Crippen molar-refractivity contribution in [3.8, 4) is 5.75 Å². The summed E-state index contributed by atoms with van der Waals surface area (Å²) in [7, 11) is 3.55. The van der Waals surface area contributed by atoms with Crippen LogP contribution in [0.1, 0.15) is 21.5 Å². The van der Waals surface area contributed by atoms with E-state index in [-0.39, 0.29) is 5.78 Å². The first-order valence-corrected chi connectivity index (χ1v) is 7.13. The van der Waals surface area contributed by atoms with Crippen LogP contribution in [0.4, 0.5) is 0 Å². The SMILES string of the molecule is CNCCc1ccccc1C(=O)Cc1cccc(OC)c1. The molecule has 0 saturated carbocycles. The molecule has 3 nitrogen and oxygen atoms in total. The van der Waals surface area contributed by atoms with Gasteiger partial charge in [0.05, 0.1) is 7.11 Å². The van der Waals surface area contributed by atoms with Crippen LogP contribution in [-0.2, 0) is 12.8 Å². The lowest BCUT2D eigenvalue weighted by atomic mass is 9.97. The Morgan fingerprint density at radius 2 is 1.95 bits per heavy atom. The van der Waals surface area contributed by atoms with Gasteiger partial charge in [-0.3, -0.25) is 4.79 Å². The molecule has 110 valence electrons. The van der Waals surface area contributed by atoms with Gasteiger partial charge in [0, 0.05) is 12.0 Å². The van der Waals surface area contributed by atoms with Crippen molar-refractivity contribution in [2.24, 2.45) is 0 Å². The molecule has 0 aliphatic rings. The van der Waals surface area contributed by atoms with Crippen LogP contribution in [0.25, 0.3) is 0 Å².